The summed E-state index contributed by atoms with van der Waals surface area (Å²) >= 11 is 12.1. The first-order valence-corrected chi connectivity index (χ1v) is 9.79. The predicted molar refractivity (Wildman–Crippen MR) is 109 cm³/mol. The van der Waals surface area contributed by atoms with Crippen molar-refractivity contribution in [3.05, 3.63) is 52.5 Å². The number of phenolic OH excluding ortho intramolecular Hbond substituents is 1. The van der Waals surface area contributed by atoms with E-state index >= 15 is 0 Å². The van der Waals surface area contributed by atoms with Crippen LogP contribution < -0.4 is 9.80 Å². The van der Waals surface area contributed by atoms with E-state index in [-0.39, 0.29) is 24.0 Å². The van der Waals surface area contributed by atoms with Gasteiger partial charge in [0.15, 0.2) is 0 Å². The molecule has 2 saturated heterocycles. The fraction of sp³-hybridized carbons (Fsp3) is 0.300. The van der Waals surface area contributed by atoms with E-state index < -0.39 is 6.04 Å². The van der Waals surface area contributed by atoms with Crippen molar-refractivity contribution in [2.75, 3.05) is 36.0 Å². The lowest BCUT2D eigenvalue weighted by molar-refractivity contribution is -0.123. The largest absolute Gasteiger partial charge is 0.508 e. The van der Waals surface area contributed by atoms with Crippen LogP contribution in [0.15, 0.2) is 42.5 Å². The number of hydrogen-bond donors (Lipinski definition) is 1. The highest BCUT2D eigenvalue weighted by atomic mass is 35.5. The Bertz CT molecular complexity index is 891. The van der Waals surface area contributed by atoms with Crippen molar-refractivity contribution in [3.8, 4) is 5.75 Å². The highest BCUT2D eigenvalue weighted by molar-refractivity contribution is 6.35. The first-order chi connectivity index (χ1) is 13.4. The average molecular weight is 420 g/mol. The molecular formula is C20H19Cl2N3O3. The van der Waals surface area contributed by atoms with E-state index in [1.807, 2.05) is 12.1 Å². The highest BCUT2D eigenvalue weighted by Crippen LogP contribution is 2.31. The molecule has 0 saturated carbocycles. The molecule has 1 N–H and O–H groups in total. The van der Waals surface area contributed by atoms with E-state index in [9.17, 15) is 14.7 Å². The molecule has 2 aliphatic rings. The zero-order valence-corrected chi connectivity index (χ0v) is 16.5. The van der Waals surface area contributed by atoms with Crippen LogP contribution in [0.3, 0.4) is 0 Å². The summed E-state index contributed by atoms with van der Waals surface area (Å²) in [6, 6.07) is 11.3. The predicted octanol–water partition coefficient (Wildman–Crippen LogP) is 3.15. The van der Waals surface area contributed by atoms with Gasteiger partial charge in [-0.1, -0.05) is 23.2 Å². The van der Waals surface area contributed by atoms with E-state index in [2.05, 4.69) is 9.80 Å². The number of carbonyl (C=O) groups excluding carboxylic acids is 2. The van der Waals surface area contributed by atoms with Gasteiger partial charge in [-0.05, 0) is 42.5 Å². The van der Waals surface area contributed by atoms with E-state index in [1.54, 1.807) is 30.3 Å². The Morgan fingerprint density at radius 2 is 1.46 bits per heavy atom. The van der Waals surface area contributed by atoms with Crippen molar-refractivity contribution in [2.24, 2.45) is 0 Å². The minimum Gasteiger partial charge on any atom is -0.508 e. The molecule has 0 aromatic heterocycles. The Hall–Kier alpha value is -2.28. The van der Waals surface area contributed by atoms with Crippen LogP contribution >= 0.6 is 23.2 Å². The molecule has 0 radical (unpaired) electrons. The van der Waals surface area contributed by atoms with Crippen LogP contribution in [-0.4, -0.2) is 54.0 Å². The number of nitrogens with zero attached hydrogens (tertiary/aromatic N) is 3. The summed E-state index contributed by atoms with van der Waals surface area (Å²) < 4.78 is 0. The molecule has 0 bridgehead atoms. The van der Waals surface area contributed by atoms with Crippen LogP contribution in [0, 0.1) is 0 Å². The van der Waals surface area contributed by atoms with Crippen LogP contribution in [0.4, 0.5) is 11.4 Å². The third-order valence-electron chi connectivity index (χ3n) is 5.20. The van der Waals surface area contributed by atoms with E-state index in [0.717, 1.165) is 18.8 Å². The third kappa shape index (κ3) is 3.68. The van der Waals surface area contributed by atoms with Crippen molar-refractivity contribution in [2.45, 2.75) is 12.5 Å². The summed E-state index contributed by atoms with van der Waals surface area (Å²) in [4.78, 5) is 30.9. The third-order valence-corrected chi connectivity index (χ3v) is 5.63. The zero-order chi connectivity index (χ0) is 19.8. The minimum atomic E-state index is -0.466. The summed E-state index contributed by atoms with van der Waals surface area (Å²) in [6.45, 7) is 2.83. The van der Waals surface area contributed by atoms with E-state index in [0.29, 0.717) is 28.8 Å². The molecule has 2 amide bonds. The number of carbonyl (C=O) groups is 2. The molecular weight excluding hydrogens is 401 g/mol. The molecule has 2 aromatic rings. The minimum absolute atomic E-state index is 0.155. The van der Waals surface area contributed by atoms with Crippen molar-refractivity contribution in [3.63, 3.8) is 0 Å². The first-order valence-electron chi connectivity index (χ1n) is 9.03. The Balaban J connectivity index is 1.45. The van der Waals surface area contributed by atoms with Gasteiger partial charge in [-0.3, -0.25) is 14.5 Å². The lowest BCUT2D eigenvalue weighted by Gasteiger charge is -2.38. The Labute approximate surface area is 172 Å². The van der Waals surface area contributed by atoms with Gasteiger partial charge in [0.1, 0.15) is 5.75 Å². The number of hydrogen-bond acceptors (Lipinski definition) is 5. The van der Waals surface area contributed by atoms with Crippen LogP contribution in [0.25, 0.3) is 0 Å². The molecule has 0 unspecified atom stereocenters. The van der Waals surface area contributed by atoms with Gasteiger partial charge in [0.2, 0.25) is 5.91 Å². The second-order valence-corrected chi connectivity index (χ2v) is 7.83. The summed E-state index contributed by atoms with van der Waals surface area (Å²) in [5.41, 5.74) is 1.44. The number of halogens is 2. The summed E-state index contributed by atoms with van der Waals surface area (Å²) in [6.07, 6.45) is 0.155. The smallest absolute Gasteiger partial charge is 0.251 e. The molecule has 8 heteroatoms. The number of benzene rings is 2. The fourth-order valence-electron chi connectivity index (χ4n) is 3.80. The number of aromatic hydroxyl groups is 1. The Morgan fingerprint density at radius 1 is 0.857 bits per heavy atom. The number of anilines is 2. The molecule has 6 nitrogen and oxygen atoms in total. The summed E-state index contributed by atoms with van der Waals surface area (Å²) in [5, 5.41) is 10.2. The fourth-order valence-corrected chi connectivity index (χ4v) is 4.31. The molecule has 4 rings (SSSR count). The van der Waals surface area contributed by atoms with Crippen LogP contribution in [0.5, 0.6) is 5.75 Å². The van der Waals surface area contributed by atoms with Gasteiger partial charge >= 0.3 is 0 Å². The lowest BCUT2D eigenvalue weighted by atomic mass is 10.1. The number of amides is 2. The number of imide groups is 1. The second kappa shape index (κ2) is 7.62. The number of piperazine rings is 1. The van der Waals surface area contributed by atoms with Crippen molar-refractivity contribution >= 4 is 46.4 Å². The maximum absolute atomic E-state index is 13.0. The summed E-state index contributed by atoms with van der Waals surface area (Å²) in [7, 11) is 0. The van der Waals surface area contributed by atoms with Gasteiger partial charge in [0.25, 0.3) is 5.91 Å². The molecule has 2 aromatic carbocycles. The quantitative estimate of drug-likeness (QED) is 0.774. The van der Waals surface area contributed by atoms with Gasteiger partial charge < -0.3 is 10.0 Å². The van der Waals surface area contributed by atoms with Crippen molar-refractivity contribution in [1.82, 2.24) is 4.90 Å². The van der Waals surface area contributed by atoms with E-state index in [4.69, 9.17) is 23.2 Å². The molecule has 0 spiro atoms. The van der Waals surface area contributed by atoms with Gasteiger partial charge in [0.05, 0.1) is 18.2 Å². The lowest BCUT2D eigenvalue weighted by Crippen LogP contribution is -2.52. The van der Waals surface area contributed by atoms with Crippen LogP contribution in [0.2, 0.25) is 10.0 Å². The number of phenols is 1. The Morgan fingerprint density at radius 3 is 2.07 bits per heavy atom. The van der Waals surface area contributed by atoms with Gasteiger partial charge in [-0.2, -0.15) is 0 Å². The molecule has 2 heterocycles. The highest BCUT2D eigenvalue weighted by Gasteiger charge is 2.43. The molecule has 1 atom stereocenters. The molecule has 2 fully saturated rings. The summed E-state index contributed by atoms with van der Waals surface area (Å²) in [5.74, 6) is -0.241. The van der Waals surface area contributed by atoms with Gasteiger partial charge in [0, 0.05) is 41.9 Å². The zero-order valence-electron chi connectivity index (χ0n) is 15.0. The normalized spacial score (nSPS) is 20.9. The van der Waals surface area contributed by atoms with Crippen LogP contribution in [-0.2, 0) is 9.59 Å². The standard InChI is InChI=1S/C20H19Cl2N3O3/c21-13-9-14(22)11-16(10-13)25-19(27)12-18(20(25)28)24-7-5-23(6-8-24)15-1-3-17(26)4-2-15/h1-4,9-11,18,26H,5-8,12H2/t18-/m1/s1. The van der Waals surface area contributed by atoms with E-state index in [1.165, 1.54) is 4.90 Å². The van der Waals surface area contributed by atoms with Gasteiger partial charge in [-0.15, -0.1) is 0 Å². The van der Waals surface area contributed by atoms with Gasteiger partial charge in [-0.25, -0.2) is 4.90 Å². The molecule has 2 aliphatic heterocycles. The Kier molecular flexibility index (Phi) is 5.19. The SMILES string of the molecule is O=C1C[C@@H](N2CCN(c3ccc(O)cc3)CC2)C(=O)N1c1cc(Cl)cc(Cl)c1. The monoisotopic (exact) mass is 419 g/mol. The molecule has 146 valence electrons. The topological polar surface area (TPSA) is 64.1 Å². The molecule has 28 heavy (non-hydrogen) atoms. The number of rotatable bonds is 3. The molecule has 0 aliphatic carbocycles. The van der Waals surface area contributed by atoms with Crippen molar-refractivity contribution < 1.29 is 14.7 Å². The first kappa shape index (κ1) is 19.1. The average Bonchev–Trinajstić information content (AvgIpc) is 2.96. The van der Waals surface area contributed by atoms with Crippen LogP contribution in [0.1, 0.15) is 6.42 Å². The van der Waals surface area contributed by atoms with Crippen molar-refractivity contribution in [1.29, 1.82) is 0 Å². The maximum Gasteiger partial charge on any atom is 0.251 e. The second-order valence-electron chi connectivity index (χ2n) is 6.95. The maximum atomic E-state index is 13.0.